The number of para-hydroxylation sites is 2. The first-order valence-electron chi connectivity index (χ1n) is 17.1. The van der Waals surface area contributed by atoms with Crippen molar-refractivity contribution in [2.24, 2.45) is 0 Å². The fourth-order valence-corrected chi connectivity index (χ4v) is 6.74. The smallest absolute Gasteiger partial charge is 0.0943 e. The molecule has 0 bridgehead atoms. The standard InChI is InChI=1S/C44H47N3/c1-29(2)35-19-12-13-21-39(35)44(47-43-36(30(3)4)22-14-23-37(43)31(5)6)41-25-15-24-40(46-41)42-33(28-45-34-17-8-7-9-18-34)27-26-32-16-10-11-20-38(32)42/h7-27,29-31,44-45,47H,28H2,1-6H3. The fourth-order valence-electron chi connectivity index (χ4n) is 6.74. The summed E-state index contributed by atoms with van der Waals surface area (Å²) in [5.74, 6) is 1.14. The van der Waals surface area contributed by atoms with Crippen molar-refractivity contribution >= 4 is 22.1 Å². The zero-order valence-electron chi connectivity index (χ0n) is 28.6. The van der Waals surface area contributed by atoms with E-state index >= 15 is 0 Å². The maximum absolute atomic E-state index is 5.54. The van der Waals surface area contributed by atoms with E-state index in [1.165, 1.54) is 49.8 Å². The van der Waals surface area contributed by atoms with Crippen molar-refractivity contribution in [2.45, 2.75) is 71.9 Å². The summed E-state index contributed by atoms with van der Waals surface area (Å²) in [6.07, 6.45) is 0. The van der Waals surface area contributed by atoms with Crippen molar-refractivity contribution in [1.29, 1.82) is 0 Å². The highest BCUT2D eigenvalue weighted by Crippen LogP contribution is 2.39. The van der Waals surface area contributed by atoms with Crippen LogP contribution in [-0.2, 0) is 6.54 Å². The first-order chi connectivity index (χ1) is 22.8. The quantitative estimate of drug-likeness (QED) is 0.152. The number of fused-ring (bicyclic) bond motifs is 1. The number of hydrogen-bond donors (Lipinski definition) is 2. The van der Waals surface area contributed by atoms with Gasteiger partial charge in [0, 0.05) is 23.5 Å². The molecule has 2 N–H and O–H groups in total. The summed E-state index contributed by atoms with van der Waals surface area (Å²) in [4.78, 5) is 5.54. The SMILES string of the molecule is CC(C)c1ccccc1C(Nc1c(C(C)C)cccc1C(C)C)c1cccc(-c2c(CNc3ccccc3)ccc3ccccc23)n1. The molecule has 0 radical (unpaired) electrons. The van der Waals surface area contributed by atoms with Crippen LogP contribution in [-0.4, -0.2) is 4.98 Å². The van der Waals surface area contributed by atoms with Crippen molar-refractivity contribution in [3.8, 4) is 11.3 Å². The number of rotatable bonds is 11. The van der Waals surface area contributed by atoms with Gasteiger partial charge in [0.05, 0.1) is 17.4 Å². The zero-order chi connectivity index (χ0) is 32.9. The second-order valence-electron chi connectivity index (χ2n) is 13.5. The second kappa shape index (κ2) is 14.3. The summed E-state index contributed by atoms with van der Waals surface area (Å²) in [6.45, 7) is 14.4. The van der Waals surface area contributed by atoms with Gasteiger partial charge in [0.15, 0.2) is 0 Å². The molecule has 47 heavy (non-hydrogen) atoms. The lowest BCUT2D eigenvalue weighted by Gasteiger charge is -2.29. The minimum atomic E-state index is -0.133. The van der Waals surface area contributed by atoms with Gasteiger partial charge in [-0.05, 0) is 80.6 Å². The van der Waals surface area contributed by atoms with Gasteiger partial charge in [-0.25, -0.2) is 0 Å². The lowest BCUT2D eigenvalue weighted by Crippen LogP contribution is -2.19. The summed E-state index contributed by atoms with van der Waals surface area (Å²) in [5, 5.41) is 10.2. The molecule has 0 fully saturated rings. The zero-order valence-corrected chi connectivity index (χ0v) is 28.6. The van der Waals surface area contributed by atoms with Crippen LogP contribution in [0.3, 0.4) is 0 Å². The highest BCUT2D eigenvalue weighted by molar-refractivity contribution is 5.97. The Labute approximate surface area is 281 Å². The second-order valence-corrected chi connectivity index (χ2v) is 13.5. The summed E-state index contributed by atoms with van der Waals surface area (Å²) in [7, 11) is 0. The van der Waals surface area contributed by atoms with Crippen LogP contribution >= 0.6 is 0 Å². The Balaban J connectivity index is 1.52. The van der Waals surface area contributed by atoms with E-state index in [1.54, 1.807) is 0 Å². The van der Waals surface area contributed by atoms with Gasteiger partial charge in [0.2, 0.25) is 0 Å². The lowest BCUT2D eigenvalue weighted by molar-refractivity contribution is 0.788. The van der Waals surface area contributed by atoms with Gasteiger partial charge in [-0.3, -0.25) is 4.98 Å². The molecule has 0 aliphatic carbocycles. The molecule has 0 amide bonds. The molecular formula is C44H47N3. The predicted octanol–water partition coefficient (Wildman–Crippen LogP) is 12.1. The maximum atomic E-state index is 5.54. The summed E-state index contributed by atoms with van der Waals surface area (Å²) < 4.78 is 0. The van der Waals surface area contributed by atoms with Gasteiger partial charge >= 0.3 is 0 Å². The van der Waals surface area contributed by atoms with E-state index in [2.05, 4.69) is 174 Å². The highest BCUT2D eigenvalue weighted by Gasteiger charge is 2.24. The van der Waals surface area contributed by atoms with E-state index in [-0.39, 0.29) is 6.04 Å². The van der Waals surface area contributed by atoms with Crippen LogP contribution in [0.2, 0.25) is 0 Å². The molecule has 238 valence electrons. The fraction of sp³-hybridized carbons (Fsp3) is 0.250. The van der Waals surface area contributed by atoms with Gasteiger partial charge < -0.3 is 10.6 Å². The third-order valence-corrected chi connectivity index (χ3v) is 9.19. The van der Waals surface area contributed by atoms with Gasteiger partial charge in [0.25, 0.3) is 0 Å². The van der Waals surface area contributed by atoms with Gasteiger partial charge in [0.1, 0.15) is 0 Å². The van der Waals surface area contributed by atoms with E-state index in [0.717, 1.165) is 17.1 Å². The number of nitrogens with zero attached hydrogens (tertiary/aromatic N) is 1. The van der Waals surface area contributed by atoms with E-state index < -0.39 is 0 Å². The molecule has 1 unspecified atom stereocenters. The molecule has 1 aromatic heterocycles. The van der Waals surface area contributed by atoms with Crippen molar-refractivity contribution in [1.82, 2.24) is 4.98 Å². The molecule has 5 aromatic carbocycles. The van der Waals surface area contributed by atoms with Crippen LogP contribution < -0.4 is 10.6 Å². The first-order valence-corrected chi connectivity index (χ1v) is 17.1. The third-order valence-electron chi connectivity index (χ3n) is 9.19. The van der Waals surface area contributed by atoms with E-state index in [0.29, 0.717) is 24.3 Å². The molecule has 6 rings (SSSR count). The number of anilines is 2. The number of benzene rings is 5. The number of hydrogen-bond acceptors (Lipinski definition) is 3. The topological polar surface area (TPSA) is 37.0 Å². The number of nitrogens with one attached hydrogen (secondary N) is 2. The largest absolute Gasteiger partial charge is 0.381 e. The Bertz CT molecular complexity index is 1930. The molecule has 6 aromatic rings. The highest BCUT2D eigenvalue weighted by atomic mass is 15.0. The molecule has 0 saturated heterocycles. The normalized spacial score (nSPS) is 12.2. The molecule has 3 heteroatoms. The number of aromatic nitrogens is 1. The van der Waals surface area contributed by atoms with Crippen LogP contribution in [0.1, 0.15) is 98.8 Å². The molecular weight excluding hydrogens is 571 g/mol. The molecule has 3 nitrogen and oxygen atoms in total. The Morgan fingerprint density at radius 2 is 1.13 bits per heavy atom. The average Bonchev–Trinajstić information content (AvgIpc) is 3.09. The van der Waals surface area contributed by atoms with Crippen LogP contribution in [0.5, 0.6) is 0 Å². The number of pyridine rings is 1. The summed E-state index contributed by atoms with van der Waals surface area (Å²) in [5.41, 5.74) is 12.0. The van der Waals surface area contributed by atoms with E-state index in [1.807, 2.05) is 6.07 Å². The van der Waals surface area contributed by atoms with Crippen molar-refractivity contribution in [3.05, 3.63) is 161 Å². The Morgan fingerprint density at radius 1 is 0.532 bits per heavy atom. The maximum Gasteiger partial charge on any atom is 0.0943 e. The minimum Gasteiger partial charge on any atom is -0.381 e. The molecule has 1 atom stereocenters. The first kappa shape index (κ1) is 32.1. The van der Waals surface area contributed by atoms with Crippen molar-refractivity contribution in [3.63, 3.8) is 0 Å². The lowest BCUT2D eigenvalue weighted by atomic mass is 9.88. The summed E-state index contributed by atoms with van der Waals surface area (Å²) in [6, 6.07) is 45.6. The summed E-state index contributed by atoms with van der Waals surface area (Å²) >= 11 is 0. The van der Waals surface area contributed by atoms with Gasteiger partial charge in [-0.1, -0.05) is 145 Å². The molecule has 0 aliphatic rings. The Morgan fingerprint density at radius 3 is 1.83 bits per heavy atom. The molecule has 0 aliphatic heterocycles. The van der Waals surface area contributed by atoms with Crippen LogP contribution in [0.25, 0.3) is 22.0 Å². The van der Waals surface area contributed by atoms with Crippen LogP contribution in [0.4, 0.5) is 11.4 Å². The molecule has 1 heterocycles. The van der Waals surface area contributed by atoms with Gasteiger partial charge in [-0.15, -0.1) is 0 Å². The Kier molecular flexibility index (Phi) is 9.73. The van der Waals surface area contributed by atoms with Gasteiger partial charge in [-0.2, -0.15) is 0 Å². The molecule has 0 spiro atoms. The van der Waals surface area contributed by atoms with Crippen molar-refractivity contribution in [2.75, 3.05) is 10.6 Å². The van der Waals surface area contributed by atoms with E-state index in [9.17, 15) is 0 Å². The van der Waals surface area contributed by atoms with E-state index in [4.69, 9.17) is 4.98 Å². The average molecular weight is 618 g/mol. The van der Waals surface area contributed by atoms with Crippen LogP contribution in [0, 0.1) is 0 Å². The van der Waals surface area contributed by atoms with Crippen molar-refractivity contribution < 1.29 is 0 Å². The Hall–Kier alpha value is -4.89. The third kappa shape index (κ3) is 6.95. The van der Waals surface area contributed by atoms with Crippen LogP contribution in [0.15, 0.2) is 127 Å². The molecule has 0 saturated carbocycles. The minimum absolute atomic E-state index is 0.133. The monoisotopic (exact) mass is 617 g/mol. The predicted molar refractivity (Wildman–Crippen MR) is 202 cm³/mol.